The molecule has 0 aliphatic carbocycles. The second-order valence-corrected chi connectivity index (χ2v) is 7.88. The first-order chi connectivity index (χ1) is 14.7. The maximum Gasteiger partial charge on any atom is 0.322 e. The summed E-state index contributed by atoms with van der Waals surface area (Å²) < 4.78 is 16.4. The normalized spacial score (nSPS) is 15.3. The molecule has 3 aromatic rings. The van der Waals surface area contributed by atoms with E-state index in [1.165, 1.54) is 0 Å². The van der Waals surface area contributed by atoms with Gasteiger partial charge in [-0.25, -0.2) is 4.79 Å². The SMILES string of the molecule is COc1ccccc1NC(=O)N1CCc2cc(OC)c(OC)cc2[C@H]1c1cccs1. The zero-order valence-corrected chi connectivity index (χ0v) is 18.0. The van der Waals surface area contributed by atoms with Crippen molar-refractivity contribution >= 4 is 23.1 Å². The van der Waals surface area contributed by atoms with Crippen LogP contribution in [0.1, 0.15) is 22.0 Å². The van der Waals surface area contributed by atoms with E-state index in [0.717, 1.165) is 22.4 Å². The molecule has 1 aliphatic heterocycles. The van der Waals surface area contributed by atoms with Crippen LogP contribution in [0.25, 0.3) is 0 Å². The summed E-state index contributed by atoms with van der Waals surface area (Å²) in [5.41, 5.74) is 2.86. The number of rotatable bonds is 5. The van der Waals surface area contributed by atoms with Gasteiger partial charge < -0.3 is 24.4 Å². The smallest absolute Gasteiger partial charge is 0.322 e. The maximum absolute atomic E-state index is 13.3. The number of thiophene rings is 1. The van der Waals surface area contributed by atoms with Crippen LogP contribution in [0.3, 0.4) is 0 Å². The Bertz CT molecular complexity index is 1040. The van der Waals surface area contributed by atoms with Gasteiger partial charge in [0.1, 0.15) is 5.75 Å². The largest absolute Gasteiger partial charge is 0.495 e. The summed E-state index contributed by atoms with van der Waals surface area (Å²) in [6.07, 6.45) is 0.733. The van der Waals surface area contributed by atoms with E-state index in [-0.39, 0.29) is 12.1 Å². The number of hydrogen-bond acceptors (Lipinski definition) is 5. The van der Waals surface area contributed by atoms with E-state index >= 15 is 0 Å². The first kappa shape index (κ1) is 20.1. The molecule has 2 amide bonds. The molecule has 2 aromatic carbocycles. The quantitative estimate of drug-likeness (QED) is 0.629. The van der Waals surface area contributed by atoms with Gasteiger partial charge in [-0.3, -0.25) is 0 Å². The number of fused-ring (bicyclic) bond motifs is 1. The summed E-state index contributed by atoms with van der Waals surface area (Å²) >= 11 is 1.63. The van der Waals surface area contributed by atoms with E-state index < -0.39 is 0 Å². The molecule has 1 N–H and O–H groups in total. The van der Waals surface area contributed by atoms with Gasteiger partial charge in [-0.2, -0.15) is 0 Å². The van der Waals surface area contributed by atoms with Gasteiger partial charge in [0.15, 0.2) is 11.5 Å². The van der Waals surface area contributed by atoms with E-state index in [0.29, 0.717) is 29.5 Å². The van der Waals surface area contributed by atoms with Crippen LogP contribution in [0, 0.1) is 0 Å². The lowest BCUT2D eigenvalue weighted by molar-refractivity contribution is 0.194. The summed E-state index contributed by atoms with van der Waals surface area (Å²) in [7, 11) is 4.85. The number of ether oxygens (including phenoxy) is 3. The zero-order valence-electron chi connectivity index (χ0n) is 17.2. The summed E-state index contributed by atoms with van der Waals surface area (Å²) in [5.74, 6) is 1.99. The molecule has 1 aliphatic rings. The fourth-order valence-electron chi connectivity index (χ4n) is 3.85. The van der Waals surface area contributed by atoms with E-state index in [1.807, 2.05) is 52.7 Å². The number of nitrogens with one attached hydrogen (secondary N) is 1. The lowest BCUT2D eigenvalue weighted by atomic mass is 9.91. The molecule has 2 heterocycles. The lowest BCUT2D eigenvalue weighted by Gasteiger charge is -2.37. The fraction of sp³-hybridized carbons (Fsp3) is 0.261. The van der Waals surface area contributed by atoms with Crippen molar-refractivity contribution in [3.63, 3.8) is 0 Å². The maximum atomic E-state index is 13.3. The van der Waals surface area contributed by atoms with Crippen LogP contribution in [0.4, 0.5) is 10.5 Å². The second-order valence-electron chi connectivity index (χ2n) is 6.90. The van der Waals surface area contributed by atoms with Gasteiger partial charge in [0.25, 0.3) is 0 Å². The lowest BCUT2D eigenvalue weighted by Crippen LogP contribution is -2.42. The van der Waals surface area contributed by atoms with E-state index in [4.69, 9.17) is 14.2 Å². The number of para-hydroxylation sites is 2. The molecule has 0 spiro atoms. The van der Waals surface area contributed by atoms with E-state index in [2.05, 4.69) is 11.4 Å². The Morgan fingerprint density at radius 3 is 2.43 bits per heavy atom. The van der Waals surface area contributed by atoms with Crippen LogP contribution in [0.5, 0.6) is 17.2 Å². The Balaban J connectivity index is 1.73. The standard InChI is InChI=1S/C23H24N2O4S/c1-27-18-8-5-4-7-17(18)24-23(26)25-11-10-15-13-19(28-2)20(29-3)14-16(15)22(25)21-9-6-12-30-21/h4-9,12-14,22H,10-11H2,1-3H3,(H,24,26)/t22-/m0/s1. The van der Waals surface area contributed by atoms with Crippen molar-refractivity contribution in [3.05, 3.63) is 69.9 Å². The molecule has 0 bridgehead atoms. The van der Waals surface area contributed by atoms with Gasteiger partial charge >= 0.3 is 6.03 Å². The third kappa shape index (κ3) is 3.68. The predicted octanol–water partition coefficient (Wildman–Crippen LogP) is 4.95. The molecule has 0 radical (unpaired) electrons. The Morgan fingerprint density at radius 1 is 1.00 bits per heavy atom. The van der Waals surface area contributed by atoms with Crippen LogP contribution in [0.15, 0.2) is 53.9 Å². The van der Waals surface area contributed by atoms with Crippen LogP contribution < -0.4 is 19.5 Å². The molecular weight excluding hydrogens is 400 g/mol. The molecule has 0 saturated heterocycles. The number of urea groups is 1. The van der Waals surface area contributed by atoms with Crippen molar-refractivity contribution in [2.45, 2.75) is 12.5 Å². The Labute approximate surface area is 180 Å². The predicted molar refractivity (Wildman–Crippen MR) is 118 cm³/mol. The summed E-state index contributed by atoms with van der Waals surface area (Å²) in [6.45, 7) is 0.589. The topological polar surface area (TPSA) is 60.0 Å². The number of carbonyl (C=O) groups excluding carboxylic acids is 1. The van der Waals surface area contributed by atoms with Gasteiger partial charge in [0.2, 0.25) is 0 Å². The van der Waals surface area contributed by atoms with Gasteiger partial charge in [-0.05, 0) is 53.3 Å². The molecular formula is C23H24N2O4S. The highest BCUT2D eigenvalue weighted by Crippen LogP contribution is 2.42. The van der Waals surface area contributed by atoms with E-state index in [9.17, 15) is 4.79 Å². The third-order valence-electron chi connectivity index (χ3n) is 5.30. The number of nitrogens with zero attached hydrogens (tertiary/aromatic N) is 1. The minimum atomic E-state index is -0.205. The summed E-state index contributed by atoms with van der Waals surface area (Å²) in [6, 6.07) is 15.1. The molecule has 30 heavy (non-hydrogen) atoms. The van der Waals surface area contributed by atoms with Crippen molar-refractivity contribution < 1.29 is 19.0 Å². The number of methoxy groups -OCH3 is 3. The number of hydrogen-bond donors (Lipinski definition) is 1. The van der Waals surface area contributed by atoms with Gasteiger partial charge in [0, 0.05) is 11.4 Å². The van der Waals surface area contributed by atoms with Crippen molar-refractivity contribution in [2.24, 2.45) is 0 Å². The van der Waals surface area contributed by atoms with Gasteiger partial charge in [-0.1, -0.05) is 18.2 Å². The Hall–Kier alpha value is -3.19. The Kier molecular flexibility index (Phi) is 5.81. The number of benzene rings is 2. The molecule has 0 fully saturated rings. The highest BCUT2D eigenvalue weighted by atomic mass is 32.1. The molecule has 1 atom stereocenters. The van der Waals surface area contributed by atoms with Crippen LogP contribution in [0.2, 0.25) is 0 Å². The first-order valence-corrected chi connectivity index (χ1v) is 10.5. The molecule has 156 valence electrons. The highest BCUT2D eigenvalue weighted by Gasteiger charge is 2.34. The van der Waals surface area contributed by atoms with E-state index in [1.54, 1.807) is 32.7 Å². The summed E-state index contributed by atoms with van der Waals surface area (Å²) in [5, 5.41) is 5.04. The highest BCUT2D eigenvalue weighted by molar-refractivity contribution is 7.10. The molecule has 6 nitrogen and oxygen atoms in total. The minimum absolute atomic E-state index is 0.168. The van der Waals surface area contributed by atoms with Crippen molar-refractivity contribution in [1.82, 2.24) is 4.90 Å². The fourth-order valence-corrected chi connectivity index (χ4v) is 4.71. The van der Waals surface area contributed by atoms with Gasteiger partial charge in [0.05, 0.1) is 33.1 Å². The zero-order chi connectivity index (χ0) is 21.1. The Morgan fingerprint density at radius 2 is 1.73 bits per heavy atom. The monoisotopic (exact) mass is 424 g/mol. The number of amides is 2. The molecule has 4 rings (SSSR count). The number of carbonyl (C=O) groups is 1. The number of anilines is 1. The average molecular weight is 425 g/mol. The third-order valence-corrected chi connectivity index (χ3v) is 6.22. The van der Waals surface area contributed by atoms with Crippen LogP contribution in [-0.2, 0) is 6.42 Å². The first-order valence-electron chi connectivity index (χ1n) is 9.65. The minimum Gasteiger partial charge on any atom is -0.495 e. The van der Waals surface area contributed by atoms with Crippen molar-refractivity contribution in [3.8, 4) is 17.2 Å². The molecule has 1 aromatic heterocycles. The summed E-state index contributed by atoms with van der Waals surface area (Å²) in [4.78, 5) is 16.3. The van der Waals surface area contributed by atoms with Crippen LogP contribution in [-0.4, -0.2) is 38.8 Å². The van der Waals surface area contributed by atoms with Crippen LogP contribution >= 0.6 is 11.3 Å². The van der Waals surface area contributed by atoms with Crippen molar-refractivity contribution in [1.29, 1.82) is 0 Å². The van der Waals surface area contributed by atoms with Crippen molar-refractivity contribution in [2.75, 3.05) is 33.2 Å². The van der Waals surface area contributed by atoms with Gasteiger partial charge in [-0.15, -0.1) is 11.3 Å². The average Bonchev–Trinajstić information content (AvgIpc) is 3.32. The molecule has 7 heteroatoms. The second kappa shape index (κ2) is 8.67. The molecule has 0 unspecified atom stereocenters. The molecule has 0 saturated carbocycles.